The van der Waals surface area contributed by atoms with Gasteiger partial charge in [-0.1, -0.05) is 225 Å². The molecule has 0 radical (unpaired) electrons. The van der Waals surface area contributed by atoms with Crippen LogP contribution >= 0.6 is 0 Å². The van der Waals surface area contributed by atoms with E-state index in [4.69, 9.17) is 0 Å². The summed E-state index contributed by atoms with van der Waals surface area (Å²) in [5.41, 5.74) is 22.6. The molecule has 0 unspecified atom stereocenters. The zero-order chi connectivity index (χ0) is 79.0. The third-order valence-electron chi connectivity index (χ3n) is 19.5. The highest BCUT2D eigenvalue weighted by atomic mass is 19.4. The Morgan fingerprint density at radius 2 is 0.600 bits per heavy atom. The van der Waals surface area contributed by atoms with Gasteiger partial charge in [0.2, 0.25) is 0 Å². The quantitative estimate of drug-likeness (QED) is 0.0431. The largest absolute Gasteiger partial charge is 0.416 e. The molecule has 0 heterocycles. The molecule has 0 aromatic heterocycles. The Morgan fingerprint density at radius 3 is 1.05 bits per heavy atom. The Kier molecular flexibility index (Phi) is 25.9. The molecule has 0 aliphatic heterocycles. The predicted molar refractivity (Wildman–Crippen MR) is 433 cm³/mol. The van der Waals surface area contributed by atoms with E-state index in [0.717, 1.165) is 122 Å². The molecule has 5 nitrogen and oxygen atoms in total. The Bertz CT molecular complexity index is 5630. The maximum Gasteiger partial charge on any atom is 0.416 e. The summed E-state index contributed by atoms with van der Waals surface area (Å²) in [4.78, 5) is 55.9. The Morgan fingerprint density at radius 1 is 0.291 bits per heavy atom. The lowest BCUT2D eigenvalue weighted by molar-refractivity contribution is -0.138. The summed E-state index contributed by atoms with van der Waals surface area (Å²) in [5, 5.41) is 0. The minimum Gasteiger partial charge on any atom is -0.298 e. The number of aryl methyl sites for hydroxylation is 2. The van der Waals surface area contributed by atoms with Crippen molar-refractivity contribution in [3.8, 4) is 55.6 Å². The fourth-order valence-corrected chi connectivity index (χ4v) is 13.3. The third kappa shape index (κ3) is 18.7. The standard InChI is InChI=1S/C35H25F7O.C31H25FO2.C31H26O2/c1-3-23-10-16-32(34(37,38)39)27(18-23)15-13-26-7-5-9-30(31(26)20-36)29-8-4-6-25(22(29)2)12-14-28-19-24(21-43)11-17-33(28)35(40,41)42;1-20-10-11-23(18-33)16-26(20)14-13-25-6-4-7-27(21(25)2)28-8-5-9-29(22(28)3)30-17-24(19-34)12-15-31(30)32;1-21-13-14-25(20-33)17-27(21)16-15-26-8-5-11-30(22(26)2)31-12-6-10-29(23(31)3)28-9-4-7-24(18-28)19-32/h3-19,21H,1,20H2,2H3;4-19H,1-3H3;4-20H,1-3H3/b14-12+,15-13+;14-13+;16-15+. The van der Waals surface area contributed by atoms with E-state index in [9.17, 15) is 59.1 Å². The summed E-state index contributed by atoms with van der Waals surface area (Å²) in [7, 11) is 0. The Labute approximate surface area is 635 Å². The van der Waals surface area contributed by atoms with Gasteiger partial charge < -0.3 is 0 Å². The number of carbonyl (C=O) groups is 5. The van der Waals surface area contributed by atoms with Crippen molar-refractivity contribution in [2.75, 3.05) is 0 Å². The van der Waals surface area contributed by atoms with E-state index in [0.29, 0.717) is 67.5 Å². The number of alkyl halides is 7. The number of carbonyl (C=O) groups excluding carboxylic acids is 5. The van der Waals surface area contributed by atoms with Gasteiger partial charge in [0.1, 0.15) is 43.9 Å². The van der Waals surface area contributed by atoms with Crippen LogP contribution in [0, 0.1) is 54.3 Å². The summed E-state index contributed by atoms with van der Waals surface area (Å²) >= 11 is 0. The van der Waals surface area contributed by atoms with Crippen molar-refractivity contribution in [1.29, 1.82) is 0 Å². The minimum absolute atomic E-state index is 0.0918. The van der Waals surface area contributed by atoms with Crippen molar-refractivity contribution in [2.45, 2.75) is 67.5 Å². The Balaban J connectivity index is 0.000000178. The molecule has 0 N–H and O–H groups in total. The van der Waals surface area contributed by atoms with Crippen molar-refractivity contribution in [1.82, 2.24) is 0 Å². The summed E-state index contributed by atoms with van der Waals surface area (Å²) in [6.07, 6.45) is 9.75. The van der Waals surface area contributed by atoms with Crippen LogP contribution in [0.1, 0.15) is 157 Å². The number of aldehydes is 5. The molecule has 0 aliphatic carbocycles. The average Bonchev–Trinajstić information content (AvgIpc) is 0.789. The van der Waals surface area contributed by atoms with E-state index < -0.39 is 30.2 Å². The van der Waals surface area contributed by atoms with Gasteiger partial charge >= 0.3 is 12.4 Å². The SMILES string of the molecule is C=Cc1ccc(C(F)(F)F)c(/C=C/c2cccc(-c3cccc(/C=C/c4cc(C=O)ccc4C(F)(F)F)c3C)c2CF)c1.Cc1ccc(C=O)cc1/C=C/c1cccc(-c2cccc(-c3cc(C=O)ccc3F)c2C)c1C.Cc1ccc(C=O)cc1/C=C/c1cccc(-c2cccc(-c3cccc(C=O)c3)c2C)c1C. The normalized spacial score (nSPS) is 11.5. The summed E-state index contributed by atoms with van der Waals surface area (Å²) in [5.74, 6) is -0.354. The van der Waals surface area contributed by atoms with E-state index in [1.165, 1.54) is 76.9 Å². The number of halogens is 8. The molecule has 0 amide bonds. The molecule has 12 aromatic carbocycles. The van der Waals surface area contributed by atoms with Gasteiger partial charge in [0.05, 0.1) is 11.1 Å². The highest BCUT2D eigenvalue weighted by molar-refractivity contribution is 5.90. The molecular formula is C97H76F8O5. The molecular weight excluding hydrogens is 1400 g/mol. The van der Waals surface area contributed by atoms with Gasteiger partial charge in [0.15, 0.2) is 0 Å². The molecule has 0 saturated carbocycles. The lowest BCUT2D eigenvalue weighted by Gasteiger charge is -2.16. The zero-order valence-electron chi connectivity index (χ0n) is 61.4. The molecule has 0 aliphatic rings. The molecule has 12 rings (SSSR count). The molecule has 12 aromatic rings. The first kappa shape index (κ1) is 79.7. The van der Waals surface area contributed by atoms with E-state index in [1.807, 2.05) is 112 Å². The van der Waals surface area contributed by atoms with Crippen molar-refractivity contribution < 1.29 is 59.1 Å². The second-order valence-electron chi connectivity index (χ2n) is 26.4. The predicted octanol–water partition coefficient (Wildman–Crippen LogP) is 26.6. The zero-order valence-corrected chi connectivity index (χ0v) is 61.4. The first-order chi connectivity index (χ1) is 52.8. The van der Waals surface area contributed by atoms with Crippen LogP contribution in [0.3, 0.4) is 0 Å². The van der Waals surface area contributed by atoms with Crippen LogP contribution in [-0.4, -0.2) is 31.4 Å². The van der Waals surface area contributed by atoms with Crippen LogP contribution < -0.4 is 0 Å². The van der Waals surface area contributed by atoms with Crippen LogP contribution in [0.15, 0.2) is 231 Å². The maximum absolute atomic E-state index is 14.7. The van der Waals surface area contributed by atoms with Gasteiger partial charge in [-0.3, -0.25) is 24.0 Å². The molecule has 550 valence electrons. The van der Waals surface area contributed by atoms with Gasteiger partial charge in [-0.05, 0) is 254 Å². The second kappa shape index (κ2) is 35.7. The lowest BCUT2D eigenvalue weighted by atomic mass is 9.89. The van der Waals surface area contributed by atoms with Gasteiger partial charge in [0, 0.05) is 33.4 Å². The van der Waals surface area contributed by atoms with Gasteiger partial charge in [0.25, 0.3) is 0 Å². The molecule has 0 atom stereocenters. The van der Waals surface area contributed by atoms with Crippen LogP contribution in [0.5, 0.6) is 0 Å². The summed E-state index contributed by atoms with van der Waals surface area (Å²) < 4.78 is 111. The van der Waals surface area contributed by atoms with Gasteiger partial charge in [-0.25, -0.2) is 8.78 Å². The first-order valence-corrected chi connectivity index (χ1v) is 35.1. The molecule has 110 heavy (non-hydrogen) atoms. The third-order valence-corrected chi connectivity index (χ3v) is 19.5. The number of hydrogen-bond donors (Lipinski definition) is 0. The van der Waals surface area contributed by atoms with Crippen LogP contribution in [0.25, 0.3) is 110 Å². The van der Waals surface area contributed by atoms with Crippen LogP contribution in [-0.2, 0) is 19.0 Å². The van der Waals surface area contributed by atoms with E-state index in [2.05, 4.69) is 94.1 Å². The van der Waals surface area contributed by atoms with Crippen molar-refractivity contribution in [2.24, 2.45) is 0 Å². The van der Waals surface area contributed by atoms with E-state index in [-0.39, 0.29) is 28.1 Å². The molecule has 13 heteroatoms. The fourth-order valence-electron chi connectivity index (χ4n) is 13.3. The monoisotopic (exact) mass is 1470 g/mol. The lowest BCUT2D eigenvalue weighted by Crippen LogP contribution is -2.07. The molecule has 0 saturated heterocycles. The molecule has 0 fully saturated rings. The topological polar surface area (TPSA) is 85.3 Å². The maximum atomic E-state index is 14.7. The van der Waals surface area contributed by atoms with E-state index >= 15 is 0 Å². The summed E-state index contributed by atoms with van der Waals surface area (Å²) in [6.45, 7) is 16.8. The average molecular weight is 1470 g/mol. The van der Waals surface area contributed by atoms with Crippen LogP contribution in [0.2, 0.25) is 0 Å². The van der Waals surface area contributed by atoms with Crippen molar-refractivity contribution >= 4 is 86.1 Å². The van der Waals surface area contributed by atoms with E-state index in [1.54, 1.807) is 49.4 Å². The smallest absolute Gasteiger partial charge is 0.298 e. The highest BCUT2D eigenvalue weighted by Gasteiger charge is 2.34. The van der Waals surface area contributed by atoms with Gasteiger partial charge in [-0.2, -0.15) is 26.3 Å². The Hall–Kier alpha value is -12.9. The van der Waals surface area contributed by atoms with Crippen molar-refractivity contribution in [3.63, 3.8) is 0 Å². The minimum atomic E-state index is -4.63. The highest BCUT2D eigenvalue weighted by Crippen LogP contribution is 2.41. The summed E-state index contributed by atoms with van der Waals surface area (Å²) in [6, 6.07) is 64.9. The number of hydrogen-bond acceptors (Lipinski definition) is 5. The fraction of sp³-hybridized carbons (Fsp3) is 0.103. The van der Waals surface area contributed by atoms with Crippen LogP contribution in [0.4, 0.5) is 35.1 Å². The second-order valence-corrected chi connectivity index (χ2v) is 26.4. The number of rotatable bonds is 20. The molecule has 0 bridgehead atoms. The van der Waals surface area contributed by atoms with Gasteiger partial charge in [-0.15, -0.1) is 0 Å². The van der Waals surface area contributed by atoms with Crippen molar-refractivity contribution in [3.05, 3.63) is 370 Å². The number of benzene rings is 12. The molecule has 0 spiro atoms. The first-order valence-electron chi connectivity index (χ1n) is 35.1.